The van der Waals surface area contributed by atoms with Gasteiger partial charge in [0.15, 0.2) is 6.61 Å². The molecular formula is C20H22N2O4. The number of likely N-dealkylation sites (N-methyl/N-ethyl adjacent to an activating group) is 1. The Morgan fingerprint density at radius 1 is 1.00 bits per heavy atom. The average molecular weight is 354 g/mol. The summed E-state index contributed by atoms with van der Waals surface area (Å²) in [6.07, 6.45) is 0. The summed E-state index contributed by atoms with van der Waals surface area (Å²) >= 11 is 0. The molecule has 136 valence electrons. The van der Waals surface area contributed by atoms with Crippen LogP contribution in [0.15, 0.2) is 48.5 Å². The molecule has 0 atom stereocenters. The average Bonchev–Trinajstić information content (AvgIpc) is 2.61. The molecule has 0 saturated heterocycles. The molecule has 2 amide bonds. The Morgan fingerprint density at radius 3 is 2.31 bits per heavy atom. The topological polar surface area (TPSA) is 75.7 Å². The smallest absolute Gasteiger partial charge is 0.338 e. The van der Waals surface area contributed by atoms with Crippen LogP contribution < -0.4 is 5.32 Å². The third-order valence-electron chi connectivity index (χ3n) is 3.83. The number of nitrogens with one attached hydrogen (secondary N) is 1. The van der Waals surface area contributed by atoms with Gasteiger partial charge in [0, 0.05) is 12.7 Å². The summed E-state index contributed by atoms with van der Waals surface area (Å²) in [4.78, 5) is 37.3. The van der Waals surface area contributed by atoms with Crippen molar-refractivity contribution in [3.05, 3.63) is 65.2 Å². The maximum Gasteiger partial charge on any atom is 0.338 e. The summed E-state index contributed by atoms with van der Waals surface area (Å²) < 4.78 is 5.04. The summed E-state index contributed by atoms with van der Waals surface area (Å²) in [5.74, 6) is -1.34. The minimum absolute atomic E-state index is 0.130. The van der Waals surface area contributed by atoms with E-state index >= 15 is 0 Å². The lowest BCUT2D eigenvalue weighted by molar-refractivity contribution is -0.136. The van der Waals surface area contributed by atoms with Gasteiger partial charge in [-0.1, -0.05) is 35.9 Å². The predicted octanol–water partition coefficient (Wildman–Crippen LogP) is 2.56. The molecule has 2 aromatic carbocycles. The highest BCUT2D eigenvalue weighted by Crippen LogP contribution is 2.09. The fourth-order valence-corrected chi connectivity index (χ4v) is 2.26. The molecule has 0 bridgehead atoms. The Balaban J connectivity index is 1.81. The fourth-order valence-electron chi connectivity index (χ4n) is 2.26. The van der Waals surface area contributed by atoms with Crippen LogP contribution in [-0.4, -0.2) is 42.9 Å². The SMILES string of the molecule is Cc1ccc(NC(=O)CN(C)C(=O)COC(=O)c2ccccc2C)cc1. The van der Waals surface area contributed by atoms with E-state index in [1.54, 1.807) is 37.3 Å². The van der Waals surface area contributed by atoms with E-state index in [0.29, 0.717) is 11.3 Å². The second kappa shape index (κ2) is 8.80. The highest BCUT2D eigenvalue weighted by atomic mass is 16.5. The zero-order chi connectivity index (χ0) is 19.1. The number of anilines is 1. The van der Waals surface area contributed by atoms with Gasteiger partial charge < -0.3 is 15.0 Å². The molecule has 0 aromatic heterocycles. The van der Waals surface area contributed by atoms with Crippen molar-refractivity contribution in [1.82, 2.24) is 4.90 Å². The molecule has 0 fully saturated rings. The third-order valence-corrected chi connectivity index (χ3v) is 3.83. The van der Waals surface area contributed by atoms with Crippen LogP contribution in [0.4, 0.5) is 5.69 Å². The van der Waals surface area contributed by atoms with Crippen LogP contribution in [0.5, 0.6) is 0 Å². The van der Waals surface area contributed by atoms with Gasteiger partial charge in [-0.25, -0.2) is 4.79 Å². The first-order chi connectivity index (χ1) is 12.4. The highest BCUT2D eigenvalue weighted by molar-refractivity contribution is 5.95. The number of ether oxygens (including phenoxy) is 1. The minimum Gasteiger partial charge on any atom is -0.452 e. The van der Waals surface area contributed by atoms with E-state index in [2.05, 4.69) is 5.32 Å². The number of nitrogens with zero attached hydrogens (tertiary/aromatic N) is 1. The summed E-state index contributed by atoms with van der Waals surface area (Å²) in [5, 5.41) is 2.71. The second-order valence-electron chi connectivity index (χ2n) is 6.06. The normalized spacial score (nSPS) is 10.1. The number of carbonyl (C=O) groups excluding carboxylic acids is 3. The van der Waals surface area contributed by atoms with Crippen molar-refractivity contribution in [2.24, 2.45) is 0 Å². The first kappa shape index (κ1) is 19.2. The van der Waals surface area contributed by atoms with E-state index in [-0.39, 0.29) is 12.5 Å². The van der Waals surface area contributed by atoms with E-state index in [1.165, 1.54) is 11.9 Å². The van der Waals surface area contributed by atoms with Crippen molar-refractivity contribution in [2.75, 3.05) is 25.5 Å². The largest absolute Gasteiger partial charge is 0.452 e. The van der Waals surface area contributed by atoms with Crippen LogP contribution in [0.25, 0.3) is 0 Å². The number of benzene rings is 2. The minimum atomic E-state index is -0.561. The number of hydrogen-bond acceptors (Lipinski definition) is 4. The van der Waals surface area contributed by atoms with Crippen molar-refractivity contribution < 1.29 is 19.1 Å². The van der Waals surface area contributed by atoms with Gasteiger partial charge in [-0.2, -0.15) is 0 Å². The number of aryl methyl sites for hydroxylation is 2. The second-order valence-corrected chi connectivity index (χ2v) is 6.06. The van der Waals surface area contributed by atoms with Crippen molar-refractivity contribution >= 4 is 23.5 Å². The molecule has 0 radical (unpaired) electrons. The summed E-state index contributed by atoms with van der Waals surface area (Å²) in [5.41, 5.74) is 2.94. The first-order valence-corrected chi connectivity index (χ1v) is 8.20. The molecule has 0 aliphatic heterocycles. The highest BCUT2D eigenvalue weighted by Gasteiger charge is 2.16. The maximum absolute atomic E-state index is 12.1. The van der Waals surface area contributed by atoms with Crippen LogP contribution in [0.2, 0.25) is 0 Å². The molecule has 0 aliphatic carbocycles. The Kier molecular flexibility index (Phi) is 6.49. The molecule has 1 N–H and O–H groups in total. The van der Waals surface area contributed by atoms with Gasteiger partial charge in [0.05, 0.1) is 12.1 Å². The van der Waals surface area contributed by atoms with Crippen LogP contribution in [0, 0.1) is 13.8 Å². The lowest BCUT2D eigenvalue weighted by Gasteiger charge is -2.17. The van der Waals surface area contributed by atoms with Gasteiger partial charge in [0.25, 0.3) is 5.91 Å². The van der Waals surface area contributed by atoms with Gasteiger partial charge in [-0.05, 0) is 37.6 Å². The quantitative estimate of drug-likeness (QED) is 0.809. The Morgan fingerprint density at radius 2 is 1.65 bits per heavy atom. The standard InChI is InChI=1S/C20H22N2O4/c1-14-8-10-16(11-9-14)21-18(23)12-22(3)19(24)13-26-20(25)17-7-5-4-6-15(17)2/h4-11H,12-13H2,1-3H3,(H,21,23). The maximum atomic E-state index is 12.1. The lowest BCUT2D eigenvalue weighted by atomic mass is 10.1. The van der Waals surface area contributed by atoms with E-state index in [9.17, 15) is 14.4 Å². The molecule has 2 rings (SSSR count). The van der Waals surface area contributed by atoms with Gasteiger partial charge in [0.1, 0.15) is 0 Å². The molecule has 26 heavy (non-hydrogen) atoms. The van der Waals surface area contributed by atoms with Gasteiger partial charge in [-0.3, -0.25) is 9.59 Å². The number of esters is 1. The molecule has 6 heteroatoms. The van der Waals surface area contributed by atoms with Crippen molar-refractivity contribution in [1.29, 1.82) is 0 Å². The Labute approximate surface area is 152 Å². The van der Waals surface area contributed by atoms with E-state index in [0.717, 1.165) is 11.1 Å². The van der Waals surface area contributed by atoms with Gasteiger partial charge in [-0.15, -0.1) is 0 Å². The zero-order valence-corrected chi connectivity index (χ0v) is 15.1. The van der Waals surface area contributed by atoms with E-state index < -0.39 is 18.5 Å². The van der Waals surface area contributed by atoms with E-state index in [1.807, 2.05) is 25.1 Å². The van der Waals surface area contributed by atoms with Gasteiger partial charge >= 0.3 is 5.97 Å². The fraction of sp³-hybridized carbons (Fsp3) is 0.250. The first-order valence-electron chi connectivity index (χ1n) is 8.20. The van der Waals surface area contributed by atoms with Crippen LogP contribution >= 0.6 is 0 Å². The molecule has 0 saturated carbocycles. The third kappa shape index (κ3) is 5.44. The Hall–Kier alpha value is -3.15. The molecule has 2 aromatic rings. The summed E-state index contributed by atoms with van der Waals surface area (Å²) in [6, 6.07) is 14.3. The number of hydrogen-bond donors (Lipinski definition) is 1. The number of amides is 2. The number of rotatable bonds is 6. The van der Waals surface area contributed by atoms with Crippen molar-refractivity contribution in [3.8, 4) is 0 Å². The molecular weight excluding hydrogens is 332 g/mol. The van der Waals surface area contributed by atoms with Crippen LogP contribution in [0.1, 0.15) is 21.5 Å². The molecule has 0 spiro atoms. The van der Waals surface area contributed by atoms with Crippen LogP contribution in [-0.2, 0) is 14.3 Å². The molecule has 0 aliphatic rings. The molecule has 0 unspecified atom stereocenters. The summed E-state index contributed by atoms with van der Waals surface area (Å²) in [6.45, 7) is 3.20. The zero-order valence-electron chi connectivity index (χ0n) is 15.1. The monoisotopic (exact) mass is 354 g/mol. The van der Waals surface area contributed by atoms with E-state index in [4.69, 9.17) is 4.74 Å². The summed E-state index contributed by atoms with van der Waals surface area (Å²) in [7, 11) is 1.48. The van der Waals surface area contributed by atoms with Crippen molar-refractivity contribution in [3.63, 3.8) is 0 Å². The molecule has 0 heterocycles. The number of carbonyl (C=O) groups is 3. The molecule has 6 nitrogen and oxygen atoms in total. The van der Waals surface area contributed by atoms with Crippen LogP contribution in [0.3, 0.4) is 0 Å². The lowest BCUT2D eigenvalue weighted by Crippen LogP contribution is -2.37. The van der Waals surface area contributed by atoms with Crippen molar-refractivity contribution in [2.45, 2.75) is 13.8 Å². The Bertz CT molecular complexity index is 800. The van der Waals surface area contributed by atoms with Gasteiger partial charge in [0.2, 0.25) is 5.91 Å². The predicted molar refractivity (Wildman–Crippen MR) is 98.9 cm³/mol.